The first-order valence-electron chi connectivity index (χ1n) is 26.7. The van der Waals surface area contributed by atoms with E-state index in [0.29, 0.717) is 48.3 Å². The first kappa shape index (κ1) is 96.6. The summed E-state index contributed by atoms with van der Waals surface area (Å²) in [6.45, 7) is 16.2. The number of carbonyl (C=O) groups excluding carboxylic acids is 1. The molecule has 7 rings (SSSR count). The number of rotatable bonds is 16. The molecule has 89 heavy (non-hydrogen) atoms. The van der Waals surface area contributed by atoms with Crippen molar-refractivity contribution in [3.8, 4) is 0 Å². The van der Waals surface area contributed by atoms with Crippen LogP contribution >= 0.6 is 31.9 Å². The molecule has 7 aromatic carbocycles. The Labute approximate surface area is 657 Å². The molecule has 0 saturated heterocycles. The number of anilines is 6. The van der Waals surface area contributed by atoms with Gasteiger partial charge in [-0.1, -0.05) is 92.4 Å². The number of aliphatic hydroxyl groups excluding tert-OH is 1. The monoisotopic (exact) mass is 1620 g/mol. The number of nitrogens with one attached hydrogen (secondary N) is 3. The largest absolute Gasteiger partial charge is 1.00 e. The van der Waals surface area contributed by atoms with Crippen molar-refractivity contribution >= 4 is 89.5 Å². The maximum atomic E-state index is 11.2. The Balaban J connectivity index is -0.000000127. The van der Waals surface area contributed by atoms with Crippen LogP contribution in [0.3, 0.4) is 0 Å². The normalized spacial score (nSPS) is 9.16. The molecule has 0 unspecified atom stereocenters. The van der Waals surface area contributed by atoms with Crippen molar-refractivity contribution in [3.05, 3.63) is 233 Å². The molecule has 0 bridgehead atoms. The van der Waals surface area contributed by atoms with E-state index in [1.54, 1.807) is 37.3 Å². The topological polar surface area (TPSA) is 313 Å². The standard InChI is InChI=1S/C16H18N2O2.C16H20N2.C9H11BrN2O2.C6H5BrN2O2.C6H7N.C4H10I.C2H6O.CH3F.CH2O3.CH4.CH3.2K.Pd.H2.H/c1-12(2)17-15-9-8-14(16(11-15)18(19)20)10-13-6-4-3-5-7-13;1-12(2)18-15-9-8-14(16(17)11-15)10-13-6-4-3-5-7-13;1-6(2)11-7-3-4-8(10)9(5-7)12(13)14;7-5-2-1-4(8)3-6(5)9(10)11;7-6-4-2-1-3-5-6;1-3-4-5-2;1-2-3;1-2;2-1-4-3;;;;;;;/h3-9,11-12,17H,10H2,1-2H3;3-9,11-12,18H,10,17H2,1-2H3;3-6,11H,1-2H3;1-3H,8H2;1-5H,7H2;3-4H2,1-2H3;3H,2H2,1H3;1H3;1,3H;1H4;1H3;;;;1H;/q;;;;;-1;;;;;-1;2*+1;;;-1/p-1/i;;;;;;;1D;;;;;;;;. The maximum Gasteiger partial charge on any atom is 1.00 e. The van der Waals surface area contributed by atoms with E-state index < -0.39 is 17.0 Å². The van der Waals surface area contributed by atoms with Crippen LogP contribution in [0.15, 0.2) is 173 Å². The summed E-state index contributed by atoms with van der Waals surface area (Å²) in [6, 6.07) is 51.6. The van der Waals surface area contributed by atoms with E-state index in [1.165, 1.54) is 34.1 Å². The Morgan fingerprint density at radius 2 is 0.955 bits per heavy atom. The number of nitrogens with zero attached hydrogens (tertiary/aromatic N) is 3. The second-order valence-corrected chi connectivity index (χ2v) is 22.3. The zero-order valence-corrected chi connectivity index (χ0v) is 65.3. The third kappa shape index (κ3) is 49.8. The number of halogens is 4. The number of nitro benzene ring substituents is 3. The van der Waals surface area contributed by atoms with Crippen molar-refractivity contribution in [2.24, 2.45) is 0 Å². The van der Waals surface area contributed by atoms with Gasteiger partial charge in [-0.15, -0.1) is 0 Å². The first-order chi connectivity index (χ1) is 40.4. The summed E-state index contributed by atoms with van der Waals surface area (Å²) in [4.78, 5) is 44.5. The fourth-order valence-corrected chi connectivity index (χ4v) is 8.37. The maximum absolute atomic E-state index is 11.2. The van der Waals surface area contributed by atoms with Crippen molar-refractivity contribution in [1.82, 2.24) is 0 Å². The molecular formula is C63H91Br2FIK2N9O10Pd-2. The van der Waals surface area contributed by atoms with Gasteiger partial charge in [0.15, 0.2) is 0 Å². The zero-order chi connectivity index (χ0) is 64.7. The number of para-hydroxylation sites is 1. The van der Waals surface area contributed by atoms with Crippen LogP contribution in [0.4, 0.5) is 55.6 Å². The van der Waals surface area contributed by atoms with Crippen LogP contribution in [0.2, 0.25) is 0 Å². The minimum Gasteiger partial charge on any atom is -1.00 e. The summed E-state index contributed by atoms with van der Waals surface area (Å²) in [5.74, 6) is 0. The quantitative estimate of drug-likeness (QED) is 0.00612. The molecule has 7 aromatic rings. The SMILES string of the molecule is C.CC(C)Nc1ccc(Br)c([N+](=O)[O-])c1.CC(C)Nc1ccc(Cc2ccccc2)c(N)c1.CC(C)Nc1ccc(Cc2ccccc2)c([N+](=O)[O-])c1.CCC[I-]C.CCO.Nc1ccc(Br)c([N+](=O)[O-])c1.Nc1ccccc1.O=CO[O-].[2H]CF.[CH3-].[H-].[HH].[K+].[K+].[Pd]. The van der Waals surface area contributed by atoms with E-state index in [0.717, 1.165) is 46.0 Å². The molecule has 0 amide bonds. The number of hydrogen-bond acceptors (Lipinski definition) is 16. The van der Waals surface area contributed by atoms with Gasteiger partial charge in [0.2, 0.25) is 0 Å². The molecule has 0 radical (unpaired) electrons. The number of hydrogen-bond donors (Lipinski definition) is 7. The van der Waals surface area contributed by atoms with Gasteiger partial charge < -0.3 is 57.3 Å². The Morgan fingerprint density at radius 1 is 0.629 bits per heavy atom. The predicted octanol–water partition coefficient (Wildman–Crippen LogP) is 6.66. The van der Waals surface area contributed by atoms with E-state index in [-0.39, 0.29) is 188 Å². The molecule has 0 aliphatic rings. The van der Waals surface area contributed by atoms with Gasteiger partial charge in [0.1, 0.15) is 0 Å². The number of aliphatic hydroxyl groups is 1. The molecule has 10 N–H and O–H groups in total. The Kier molecular flexibility index (Phi) is 67.2. The van der Waals surface area contributed by atoms with Gasteiger partial charge in [0.05, 0.1) is 32.2 Å². The van der Waals surface area contributed by atoms with E-state index in [1.807, 2.05) is 113 Å². The second-order valence-electron chi connectivity index (χ2n) is 18.0. The minimum absolute atomic E-state index is 0. The average Bonchev–Trinajstić information content (AvgIpc) is 2.09. The summed E-state index contributed by atoms with van der Waals surface area (Å²) >= 11 is 6.77. The molecule has 0 aromatic heterocycles. The summed E-state index contributed by atoms with van der Waals surface area (Å²) in [5.41, 5.74) is 26.0. The Morgan fingerprint density at radius 3 is 1.26 bits per heavy atom. The number of alkyl halides is 3. The number of nitrogen functional groups attached to an aromatic ring is 3. The van der Waals surface area contributed by atoms with E-state index >= 15 is 0 Å². The summed E-state index contributed by atoms with van der Waals surface area (Å²) < 4.78 is 17.9. The fourth-order valence-electron chi connectivity index (χ4n) is 6.50. The van der Waals surface area contributed by atoms with Crippen molar-refractivity contribution in [2.45, 2.75) is 100 Å². The summed E-state index contributed by atoms with van der Waals surface area (Å²) in [7, 11) is -1.00. The van der Waals surface area contributed by atoms with Crippen LogP contribution in [-0.2, 0) is 42.9 Å². The Hall–Kier alpha value is -3.51. The first-order valence-corrected chi connectivity index (χ1v) is 31.2. The predicted molar refractivity (Wildman–Crippen MR) is 360 cm³/mol. The smallest absolute Gasteiger partial charge is 1.00 e. The van der Waals surface area contributed by atoms with E-state index in [4.69, 9.17) is 33.7 Å². The van der Waals surface area contributed by atoms with Crippen LogP contribution in [0.25, 0.3) is 0 Å². The molecule has 26 heteroatoms. The van der Waals surface area contributed by atoms with Gasteiger partial charge in [-0.25, -0.2) is 0 Å². The molecule has 0 fully saturated rings. The van der Waals surface area contributed by atoms with Crippen LogP contribution in [0, 0.1) is 37.8 Å². The van der Waals surface area contributed by atoms with Gasteiger partial charge in [-0.3, -0.25) is 39.5 Å². The number of nitrogens with two attached hydrogens (primary N) is 3. The molecule has 0 atom stereocenters. The molecule has 0 heterocycles. The van der Waals surface area contributed by atoms with Crippen LogP contribution < -0.4 is 162 Å². The number of nitro groups is 3. The van der Waals surface area contributed by atoms with Crippen LogP contribution in [-0.4, -0.2) is 67.6 Å². The molecule has 490 valence electrons. The molecule has 0 aliphatic carbocycles. The van der Waals surface area contributed by atoms with Gasteiger partial charge in [-0.05, 0) is 164 Å². The second kappa shape index (κ2) is 62.0. The van der Waals surface area contributed by atoms with Crippen LogP contribution in [0.5, 0.6) is 0 Å². The van der Waals surface area contributed by atoms with Gasteiger partial charge in [0, 0.05) is 111 Å². The van der Waals surface area contributed by atoms with Gasteiger partial charge in [0.25, 0.3) is 23.5 Å². The molecule has 19 nitrogen and oxygen atoms in total. The zero-order valence-electron chi connectivity index (χ0n) is 54.2. The van der Waals surface area contributed by atoms with Crippen molar-refractivity contribution < 1.29 is 188 Å². The van der Waals surface area contributed by atoms with Gasteiger partial charge >= 0.3 is 147 Å². The van der Waals surface area contributed by atoms with Crippen molar-refractivity contribution in [3.63, 3.8) is 0 Å². The molecular weight excluding hydrogens is 1530 g/mol. The van der Waals surface area contributed by atoms with E-state index in [2.05, 4.69) is 115 Å². The minimum atomic E-state index is -1.00. The molecule has 0 saturated carbocycles. The van der Waals surface area contributed by atoms with Crippen LogP contribution in [0.1, 0.15) is 95.7 Å². The summed E-state index contributed by atoms with van der Waals surface area (Å²) in [5, 5.41) is 57.8. The molecule has 0 spiro atoms. The third-order valence-electron chi connectivity index (χ3n) is 9.80. The van der Waals surface area contributed by atoms with Crippen molar-refractivity contribution in [1.29, 1.82) is 0 Å². The third-order valence-corrected chi connectivity index (χ3v) is 13.3. The number of benzene rings is 7. The fraction of sp³-hybridized carbons (Fsp3) is 0.302. The summed E-state index contributed by atoms with van der Waals surface area (Å²) in [6.07, 6.45) is 2.84. The average molecular weight is 1630 g/mol. The Bertz CT molecular complexity index is 2960. The number of carbonyl (C=O) groups is 1. The van der Waals surface area contributed by atoms with Crippen molar-refractivity contribution in [2.75, 3.05) is 56.3 Å². The molecule has 0 aliphatic heterocycles. The van der Waals surface area contributed by atoms with E-state index in [9.17, 15) is 34.7 Å². The van der Waals surface area contributed by atoms with Gasteiger partial charge in [-0.2, -0.15) is 0 Å².